The van der Waals surface area contributed by atoms with Crippen LogP contribution in [0.4, 0.5) is 5.69 Å². The van der Waals surface area contributed by atoms with Crippen LogP contribution in [-0.2, 0) is 0 Å². The van der Waals surface area contributed by atoms with E-state index in [2.05, 4.69) is 5.32 Å². The Morgan fingerprint density at radius 1 is 0.886 bits per heavy atom. The average Bonchev–Trinajstić information content (AvgIpc) is 2.87. The zero-order valence-electron chi connectivity index (χ0n) is 19.8. The van der Waals surface area contributed by atoms with Gasteiger partial charge in [0.25, 0.3) is 0 Å². The normalized spacial score (nSPS) is 11.0. The number of allylic oxidation sites excluding steroid dienone is 1. The Kier molecular flexibility index (Phi) is 8.64. The van der Waals surface area contributed by atoms with Crippen LogP contribution in [-0.4, -0.2) is 39.3 Å². The number of phenolic OH excluding ortho intramolecular Hbond substituents is 1. The SMILES string of the molecule is COc1cc(NC=CC(=O)c2cccc(Cl)c2)c(C=Cc2cc(OC)c(OC)c(OC)c2)cc1O. The second kappa shape index (κ2) is 11.9. The molecule has 2 N–H and O–H groups in total. The lowest BCUT2D eigenvalue weighted by Crippen LogP contribution is -1.98. The van der Waals surface area contributed by atoms with E-state index in [0.717, 1.165) is 5.56 Å². The van der Waals surface area contributed by atoms with Crippen molar-refractivity contribution in [2.24, 2.45) is 0 Å². The Balaban J connectivity index is 1.91. The smallest absolute Gasteiger partial charge is 0.203 e. The summed E-state index contributed by atoms with van der Waals surface area (Å²) in [6.45, 7) is 0. The van der Waals surface area contributed by atoms with Crippen LogP contribution in [0.5, 0.6) is 28.7 Å². The van der Waals surface area contributed by atoms with Crippen LogP contribution in [0.25, 0.3) is 12.2 Å². The maximum Gasteiger partial charge on any atom is 0.203 e. The van der Waals surface area contributed by atoms with Gasteiger partial charge < -0.3 is 29.4 Å². The third-order valence-corrected chi connectivity index (χ3v) is 5.31. The molecule has 0 aliphatic carbocycles. The summed E-state index contributed by atoms with van der Waals surface area (Å²) in [5.41, 5.74) is 2.52. The summed E-state index contributed by atoms with van der Waals surface area (Å²) >= 11 is 5.97. The number of hydrogen-bond donors (Lipinski definition) is 2. The van der Waals surface area contributed by atoms with Crippen LogP contribution in [0.3, 0.4) is 0 Å². The number of carbonyl (C=O) groups excluding carboxylic acids is 1. The number of halogens is 1. The number of rotatable bonds is 10. The fourth-order valence-corrected chi connectivity index (χ4v) is 3.53. The molecule has 0 heterocycles. The highest BCUT2D eigenvalue weighted by atomic mass is 35.5. The highest BCUT2D eigenvalue weighted by molar-refractivity contribution is 6.31. The van der Waals surface area contributed by atoms with Crippen molar-refractivity contribution < 1.29 is 28.8 Å². The molecule has 0 radical (unpaired) electrons. The lowest BCUT2D eigenvalue weighted by Gasteiger charge is -2.13. The second-order valence-electron chi connectivity index (χ2n) is 7.26. The second-order valence-corrected chi connectivity index (χ2v) is 7.69. The van der Waals surface area contributed by atoms with E-state index < -0.39 is 0 Å². The lowest BCUT2D eigenvalue weighted by molar-refractivity contribution is 0.104. The fourth-order valence-electron chi connectivity index (χ4n) is 3.34. The van der Waals surface area contributed by atoms with Crippen LogP contribution < -0.4 is 24.3 Å². The first kappa shape index (κ1) is 25.5. The Hall–Kier alpha value is -4.10. The van der Waals surface area contributed by atoms with Gasteiger partial charge in [-0.3, -0.25) is 4.79 Å². The van der Waals surface area contributed by atoms with E-state index in [-0.39, 0.29) is 17.3 Å². The molecule has 7 nitrogen and oxygen atoms in total. The number of hydrogen-bond acceptors (Lipinski definition) is 7. The predicted octanol–water partition coefficient (Wildman–Crippen LogP) is 6.06. The highest BCUT2D eigenvalue weighted by Crippen LogP contribution is 2.39. The van der Waals surface area contributed by atoms with Gasteiger partial charge in [-0.05, 0) is 35.9 Å². The molecule has 35 heavy (non-hydrogen) atoms. The standard InChI is InChI=1S/C27H26ClNO6/c1-32-24-16-21(29-11-10-22(30)19-6-5-7-20(28)14-19)18(15-23(24)31)9-8-17-12-25(33-2)27(35-4)26(13-17)34-3/h5-16,29,31H,1-4H3. The van der Waals surface area contributed by atoms with Gasteiger partial charge in [0.2, 0.25) is 5.75 Å². The number of ether oxygens (including phenoxy) is 4. The topological polar surface area (TPSA) is 86.3 Å². The molecule has 0 aromatic heterocycles. The number of phenols is 1. The number of nitrogens with one attached hydrogen (secondary N) is 1. The first-order valence-electron chi connectivity index (χ1n) is 10.5. The molecule has 0 spiro atoms. The van der Waals surface area contributed by atoms with E-state index in [9.17, 15) is 9.90 Å². The van der Waals surface area contributed by atoms with E-state index in [0.29, 0.717) is 39.1 Å². The van der Waals surface area contributed by atoms with Gasteiger partial charge in [-0.2, -0.15) is 0 Å². The predicted molar refractivity (Wildman–Crippen MR) is 138 cm³/mol. The molecule has 0 saturated heterocycles. The number of carbonyl (C=O) groups is 1. The molecule has 0 unspecified atom stereocenters. The van der Waals surface area contributed by atoms with Crippen molar-refractivity contribution in [2.45, 2.75) is 0 Å². The van der Waals surface area contributed by atoms with Gasteiger partial charge in [-0.1, -0.05) is 35.9 Å². The maximum atomic E-state index is 12.4. The molecule has 3 aromatic rings. The number of benzene rings is 3. The number of methoxy groups -OCH3 is 4. The van der Waals surface area contributed by atoms with Gasteiger partial charge >= 0.3 is 0 Å². The molecule has 182 valence electrons. The van der Waals surface area contributed by atoms with Crippen LogP contribution in [0.2, 0.25) is 5.02 Å². The monoisotopic (exact) mass is 495 g/mol. The Bertz CT molecular complexity index is 1240. The summed E-state index contributed by atoms with van der Waals surface area (Å²) in [6, 6.07) is 13.5. The van der Waals surface area contributed by atoms with Crippen molar-refractivity contribution in [3.63, 3.8) is 0 Å². The molecular formula is C27H26ClNO6. The first-order valence-corrected chi connectivity index (χ1v) is 10.9. The van der Waals surface area contributed by atoms with E-state index in [1.54, 1.807) is 75.9 Å². The molecular weight excluding hydrogens is 470 g/mol. The van der Waals surface area contributed by atoms with Gasteiger partial charge in [0.15, 0.2) is 28.8 Å². The van der Waals surface area contributed by atoms with E-state index in [1.165, 1.54) is 19.4 Å². The molecule has 0 saturated carbocycles. The van der Waals surface area contributed by atoms with Crippen LogP contribution >= 0.6 is 11.6 Å². The van der Waals surface area contributed by atoms with Crippen LogP contribution in [0, 0.1) is 0 Å². The molecule has 3 aromatic carbocycles. The molecule has 0 aliphatic heterocycles. The number of aromatic hydroxyl groups is 1. The lowest BCUT2D eigenvalue weighted by atomic mass is 10.1. The zero-order chi connectivity index (χ0) is 25.4. The number of ketones is 1. The Morgan fingerprint density at radius 3 is 2.17 bits per heavy atom. The average molecular weight is 496 g/mol. The summed E-state index contributed by atoms with van der Waals surface area (Å²) in [4.78, 5) is 12.4. The first-order chi connectivity index (χ1) is 16.9. The molecule has 0 atom stereocenters. The van der Waals surface area contributed by atoms with Crippen LogP contribution in [0.15, 0.2) is 60.8 Å². The van der Waals surface area contributed by atoms with Crippen LogP contribution in [0.1, 0.15) is 21.5 Å². The number of anilines is 1. The van der Waals surface area contributed by atoms with E-state index >= 15 is 0 Å². The van der Waals surface area contributed by atoms with Crippen molar-refractivity contribution in [2.75, 3.05) is 33.8 Å². The van der Waals surface area contributed by atoms with Crippen molar-refractivity contribution in [3.05, 3.63) is 82.5 Å². The summed E-state index contributed by atoms with van der Waals surface area (Å²) in [7, 11) is 6.10. The Morgan fingerprint density at radius 2 is 1.57 bits per heavy atom. The molecule has 3 rings (SSSR count). The summed E-state index contributed by atoms with van der Waals surface area (Å²) in [6.07, 6.45) is 6.55. The van der Waals surface area contributed by atoms with Crippen molar-refractivity contribution >= 4 is 35.2 Å². The minimum absolute atomic E-state index is 0.0263. The van der Waals surface area contributed by atoms with Gasteiger partial charge in [0, 0.05) is 40.2 Å². The minimum atomic E-state index is -0.208. The van der Waals surface area contributed by atoms with Crippen molar-refractivity contribution in [3.8, 4) is 28.7 Å². The summed E-state index contributed by atoms with van der Waals surface area (Å²) in [5.74, 6) is 1.58. The minimum Gasteiger partial charge on any atom is -0.504 e. The van der Waals surface area contributed by atoms with E-state index in [4.69, 9.17) is 30.5 Å². The van der Waals surface area contributed by atoms with Gasteiger partial charge in [0.1, 0.15) is 0 Å². The summed E-state index contributed by atoms with van der Waals surface area (Å²) in [5, 5.41) is 13.9. The molecule has 0 bridgehead atoms. The highest BCUT2D eigenvalue weighted by Gasteiger charge is 2.13. The summed E-state index contributed by atoms with van der Waals surface area (Å²) < 4.78 is 21.4. The van der Waals surface area contributed by atoms with Crippen molar-refractivity contribution in [1.29, 1.82) is 0 Å². The molecule has 0 aliphatic rings. The third-order valence-electron chi connectivity index (χ3n) is 5.08. The quantitative estimate of drug-likeness (QED) is 0.153. The molecule has 8 heteroatoms. The van der Waals surface area contributed by atoms with Gasteiger partial charge in [0.05, 0.1) is 28.4 Å². The largest absolute Gasteiger partial charge is 0.504 e. The zero-order valence-corrected chi connectivity index (χ0v) is 20.6. The van der Waals surface area contributed by atoms with E-state index in [1.807, 2.05) is 6.08 Å². The molecule has 0 amide bonds. The fraction of sp³-hybridized carbons (Fsp3) is 0.148. The van der Waals surface area contributed by atoms with Crippen molar-refractivity contribution in [1.82, 2.24) is 0 Å². The third kappa shape index (κ3) is 6.28. The van der Waals surface area contributed by atoms with Gasteiger partial charge in [-0.25, -0.2) is 0 Å². The molecule has 0 fully saturated rings. The Labute approximate surface area is 209 Å². The van der Waals surface area contributed by atoms with Gasteiger partial charge in [-0.15, -0.1) is 0 Å². The maximum absolute atomic E-state index is 12.4.